The molecule has 2 aromatic rings. The van der Waals surface area contributed by atoms with E-state index in [0.717, 1.165) is 0 Å². The highest BCUT2D eigenvalue weighted by molar-refractivity contribution is 6.30. The van der Waals surface area contributed by atoms with Crippen LogP contribution in [0.5, 0.6) is 5.75 Å². The molecule has 1 atom stereocenters. The molecular weight excluding hydrogens is 374 g/mol. The first kappa shape index (κ1) is 20.2. The molecule has 2 amide bonds. The zero-order chi connectivity index (χ0) is 20.0. The number of ether oxygens (including phenoxy) is 1. The molecule has 8 nitrogen and oxygen atoms in total. The first-order chi connectivity index (χ1) is 12.8. The highest BCUT2D eigenvalue weighted by Gasteiger charge is 2.19. The SMILES string of the molecule is COc1ccc([N+](=O)[O-])cc1NC(=O)CC(NC(C)=O)c1ccc(Cl)cc1. The summed E-state index contributed by atoms with van der Waals surface area (Å²) in [6.45, 7) is 1.35. The Morgan fingerprint density at radius 1 is 1.22 bits per heavy atom. The first-order valence-electron chi connectivity index (χ1n) is 7.95. The lowest BCUT2D eigenvalue weighted by atomic mass is 10.0. The lowest BCUT2D eigenvalue weighted by molar-refractivity contribution is -0.384. The van der Waals surface area contributed by atoms with Gasteiger partial charge in [-0.1, -0.05) is 23.7 Å². The number of nitro benzene ring substituents is 1. The smallest absolute Gasteiger partial charge is 0.271 e. The van der Waals surface area contributed by atoms with Crippen LogP contribution in [-0.2, 0) is 9.59 Å². The van der Waals surface area contributed by atoms with Crippen molar-refractivity contribution in [2.75, 3.05) is 12.4 Å². The summed E-state index contributed by atoms with van der Waals surface area (Å²) < 4.78 is 5.13. The van der Waals surface area contributed by atoms with E-state index < -0.39 is 16.9 Å². The van der Waals surface area contributed by atoms with Crippen molar-refractivity contribution in [1.82, 2.24) is 5.32 Å². The lowest BCUT2D eigenvalue weighted by Gasteiger charge is -2.18. The highest BCUT2D eigenvalue weighted by Crippen LogP contribution is 2.29. The molecule has 0 radical (unpaired) electrons. The Hall–Kier alpha value is -3.13. The molecule has 0 fully saturated rings. The van der Waals surface area contributed by atoms with Crippen molar-refractivity contribution in [3.8, 4) is 5.75 Å². The molecule has 2 aromatic carbocycles. The number of amides is 2. The number of rotatable bonds is 7. The first-order valence-corrected chi connectivity index (χ1v) is 8.32. The predicted octanol–water partition coefficient (Wildman–Crippen LogP) is 3.46. The van der Waals surface area contributed by atoms with Crippen molar-refractivity contribution in [3.63, 3.8) is 0 Å². The van der Waals surface area contributed by atoms with Gasteiger partial charge in [-0.3, -0.25) is 19.7 Å². The number of hydrogen-bond donors (Lipinski definition) is 2. The maximum atomic E-state index is 12.5. The van der Waals surface area contributed by atoms with Gasteiger partial charge in [0.1, 0.15) is 5.75 Å². The molecule has 0 aliphatic carbocycles. The number of halogens is 1. The highest BCUT2D eigenvalue weighted by atomic mass is 35.5. The van der Waals surface area contributed by atoms with E-state index in [1.54, 1.807) is 24.3 Å². The number of nitrogens with zero attached hydrogens (tertiary/aromatic N) is 1. The van der Waals surface area contributed by atoms with Gasteiger partial charge in [-0.15, -0.1) is 0 Å². The van der Waals surface area contributed by atoms with E-state index >= 15 is 0 Å². The van der Waals surface area contributed by atoms with E-state index in [1.165, 1.54) is 32.2 Å². The van der Waals surface area contributed by atoms with Crippen molar-refractivity contribution >= 4 is 34.8 Å². The molecule has 0 heterocycles. The van der Waals surface area contributed by atoms with Crippen LogP contribution in [0.15, 0.2) is 42.5 Å². The van der Waals surface area contributed by atoms with E-state index in [4.69, 9.17) is 16.3 Å². The molecule has 0 saturated carbocycles. The molecule has 0 aliphatic rings. The maximum Gasteiger partial charge on any atom is 0.271 e. The Balaban J connectivity index is 2.20. The van der Waals surface area contributed by atoms with Gasteiger partial charge in [0.2, 0.25) is 11.8 Å². The minimum absolute atomic E-state index is 0.0763. The van der Waals surface area contributed by atoms with Crippen molar-refractivity contribution in [1.29, 1.82) is 0 Å². The summed E-state index contributed by atoms with van der Waals surface area (Å²) in [7, 11) is 1.39. The minimum Gasteiger partial charge on any atom is -0.495 e. The van der Waals surface area contributed by atoms with Crippen LogP contribution in [0.3, 0.4) is 0 Å². The van der Waals surface area contributed by atoms with Gasteiger partial charge in [-0.25, -0.2) is 0 Å². The van der Waals surface area contributed by atoms with Gasteiger partial charge in [-0.05, 0) is 23.8 Å². The largest absolute Gasteiger partial charge is 0.495 e. The minimum atomic E-state index is -0.579. The molecule has 1 unspecified atom stereocenters. The third-order valence-corrected chi connectivity index (χ3v) is 3.96. The maximum absolute atomic E-state index is 12.5. The lowest BCUT2D eigenvalue weighted by Crippen LogP contribution is -2.29. The second-order valence-corrected chi connectivity index (χ2v) is 6.14. The molecule has 0 bridgehead atoms. The quantitative estimate of drug-likeness (QED) is 0.554. The summed E-state index contributed by atoms with van der Waals surface area (Å²) in [4.78, 5) is 34.3. The van der Waals surface area contributed by atoms with Crippen LogP contribution in [-0.4, -0.2) is 23.8 Å². The number of non-ortho nitro benzene ring substituents is 1. The third-order valence-electron chi connectivity index (χ3n) is 3.71. The van der Waals surface area contributed by atoms with Gasteiger partial charge in [0, 0.05) is 24.1 Å². The average molecular weight is 392 g/mol. The Morgan fingerprint density at radius 3 is 2.44 bits per heavy atom. The molecule has 0 spiro atoms. The molecule has 2 rings (SSSR count). The number of hydrogen-bond acceptors (Lipinski definition) is 5. The normalized spacial score (nSPS) is 11.4. The zero-order valence-corrected chi connectivity index (χ0v) is 15.4. The average Bonchev–Trinajstić information content (AvgIpc) is 2.61. The molecule has 0 aromatic heterocycles. The van der Waals surface area contributed by atoms with Crippen LogP contribution < -0.4 is 15.4 Å². The second-order valence-electron chi connectivity index (χ2n) is 5.70. The Morgan fingerprint density at radius 2 is 1.89 bits per heavy atom. The summed E-state index contributed by atoms with van der Waals surface area (Å²) in [6.07, 6.45) is -0.0763. The Bertz CT molecular complexity index is 855. The van der Waals surface area contributed by atoms with E-state index in [1.807, 2.05) is 0 Å². The van der Waals surface area contributed by atoms with Gasteiger partial charge in [0.25, 0.3) is 5.69 Å². The summed E-state index contributed by atoms with van der Waals surface area (Å²) in [5, 5.41) is 16.8. The van der Waals surface area contributed by atoms with Crippen LogP contribution >= 0.6 is 11.6 Å². The standard InChI is InChI=1S/C18H18ClN3O5/c1-11(23)20-15(12-3-5-13(19)6-4-12)10-18(24)21-16-9-14(22(25)26)7-8-17(16)27-2/h3-9,15H,10H2,1-2H3,(H,20,23)(H,21,24). The van der Waals surface area contributed by atoms with Gasteiger partial charge in [0.05, 0.1) is 30.2 Å². The van der Waals surface area contributed by atoms with Gasteiger partial charge in [-0.2, -0.15) is 0 Å². The van der Waals surface area contributed by atoms with Crippen molar-refractivity contribution < 1.29 is 19.2 Å². The number of anilines is 1. The van der Waals surface area contributed by atoms with Gasteiger partial charge < -0.3 is 15.4 Å². The Labute approximate surface area is 160 Å². The van der Waals surface area contributed by atoms with E-state index in [0.29, 0.717) is 10.6 Å². The summed E-state index contributed by atoms with van der Waals surface area (Å²) >= 11 is 5.87. The summed E-state index contributed by atoms with van der Waals surface area (Å²) in [6, 6.07) is 10.1. The monoisotopic (exact) mass is 391 g/mol. The van der Waals surface area contributed by atoms with Crippen LogP contribution in [0.4, 0.5) is 11.4 Å². The fraction of sp³-hybridized carbons (Fsp3) is 0.222. The number of benzene rings is 2. The van der Waals surface area contributed by atoms with E-state index in [9.17, 15) is 19.7 Å². The van der Waals surface area contributed by atoms with Gasteiger partial charge >= 0.3 is 0 Å². The third kappa shape index (κ3) is 5.68. The summed E-state index contributed by atoms with van der Waals surface area (Å²) in [5.41, 5.74) is 0.701. The van der Waals surface area contributed by atoms with E-state index in [2.05, 4.69) is 10.6 Å². The number of nitro groups is 1. The summed E-state index contributed by atoms with van der Waals surface area (Å²) in [5.74, 6) is -0.449. The molecule has 142 valence electrons. The number of methoxy groups -OCH3 is 1. The molecule has 27 heavy (non-hydrogen) atoms. The van der Waals surface area contributed by atoms with Crippen LogP contribution in [0.2, 0.25) is 5.02 Å². The molecule has 9 heteroatoms. The molecule has 0 saturated heterocycles. The van der Waals surface area contributed by atoms with Crippen molar-refractivity contribution in [3.05, 3.63) is 63.2 Å². The molecular formula is C18H18ClN3O5. The topological polar surface area (TPSA) is 111 Å². The Kier molecular flexibility index (Phi) is 6.73. The zero-order valence-electron chi connectivity index (χ0n) is 14.7. The fourth-order valence-corrected chi connectivity index (χ4v) is 2.61. The van der Waals surface area contributed by atoms with Crippen LogP contribution in [0, 0.1) is 10.1 Å². The molecule has 0 aliphatic heterocycles. The van der Waals surface area contributed by atoms with Gasteiger partial charge in [0.15, 0.2) is 0 Å². The van der Waals surface area contributed by atoms with Crippen LogP contribution in [0.1, 0.15) is 24.9 Å². The van der Waals surface area contributed by atoms with Crippen molar-refractivity contribution in [2.45, 2.75) is 19.4 Å². The molecule has 2 N–H and O–H groups in total. The second kappa shape index (κ2) is 9.00. The van der Waals surface area contributed by atoms with Crippen LogP contribution in [0.25, 0.3) is 0 Å². The number of carbonyl (C=O) groups excluding carboxylic acids is 2. The number of carbonyl (C=O) groups is 2. The fourth-order valence-electron chi connectivity index (χ4n) is 2.49. The predicted molar refractivity (Wildman–Crippen MR) is 101 cm³/mol. The van der Waals surface area contributed by atoms with Crippen molar-refractivity contribution in [2.24, 2.45) is 0 Å². The van der Waals surface area contributed by atoms with E-state index in [-0.39, 0.29) is 29.5 Å². The number of nitrogens with one attached hydrogen (secondary N) is 2.